The second kappa shape index (κ2) is 6.29. The zero-order valence-corrected chi connectivity index (χ0v) is 11.2. The highest BCUT2D eigenvalue weighted by atomic mass is 19.4. The van der Waals surface area contributed by atoms with Crippen molar-refractivity contribution < 1.29 is 18.0 Å². The third-order valence-electron chi connectivity index (χ3n) is 3.64. The van der Waals surface area contributed by atoms with Crippen molar-refractivity contribution in [3.05, 3.63) is 35.4 Å². The minimum absolute atomic E-state index is 0.0732. The number of benzene rings is 1. The Morgan fingerprint density at radius 3 is 2.35 bits per heavy atom. The zero-order valence-electron chi connectivity index (χ0n) is 11.2. The quantitative estimate of drug-likeness (QED) is 0.812. The summed E-state index contributed by atoms with van der Waals surface area (Å²) in [6.07, 6.45) is 1.85. The molecule has 0 atom stereocenters. The maximum Gasteiger partial charge on any atom is 0.416 e. The molecule has 0 saturated heterocycles. The number of carbonyl (C=O) groups excluding carboxylic acids is 1. The first-order chi connectivity index (χ1) is 9.47. The molecule has 0 aromatic heterocycles. The maximum absolute atomic E-state index is 12.6. The van der Waals surface area contributed by atoms with Gasteiger partial charge in [-0.1, -0.05) is 31.7 Å². The summed E-state index contributed by atoms with van der Waals surface area (Å²) in [5.41, 5.74) is -0.713. The molecule has 1 saturated carbocycles. The van der Waals surface area contributed by atoms with E-state index in [0.29, 0.717) is 0 Å². The van der Waals surface area contributed by atoms with Crippen LogP contribution >= 0.6 is 0 Å². The van der Waals surface area contributed by atoms with E-state index in [-0.39, 0.29) is 11.6 Å². The van der Waals surface area contributed by atoms with Gasteiger partial charge in [0.25, 0.3) is 5.91 Å². The molecule has 1 aromatic carbocycles. The number of carbonyl (C=O) groups is 1. The van der Waals surface area contributed by atoms with Crippen LogP contribution in [0.3, 0.4) is 0 Å². The van der Waals surface area contributed by atoms with Crippen LogP contribution in [0.4, 0.5) is 13.2 Å². The lowest BCUT2D eigenvalue weighted by Gasteiger charge is -2.16. The number of hydrogen-bond donors (Lipinski definition) is 1. The van der Waals surface area contributed by atoms with Crippen LogP contribution in [0.15, 0.2) is 24.3 Å². The summed E-state index contributed by atoms with van der Waals surface area (Å²) in [6, 6.07) is 4.65. The minimum atomic E-state index is -4.42. The van der Waals surface area contributed by atoms with Crippen LogP contribution in [0.25, 0.3) is 0 Å². The van der Waals surface area contributed by atoms with Gasteiger partial charge in [-0.2, -0.15) is 13.2 Å². The lowest BCUT2D eigenvalue weighted by molar-refractivity contribution is -0.137. The SMILES string of the molecule is O=C(NC1CCCCCC1)c1cccc(C(F)(F)F)c1. The van der Waals surface area contributed by atoms with Gasteiger partial charge in [-0.15, -0.1) is 0 Å². The molecule has 1 aliphatic carbocycles. The van der Waals surface area contributed by atoms with Crippen molar-refractivity contribution >= 4 is 5.91 Å². The zero-order chi connectivity index (χ0) is 14.6. The smallest absolute Gasteiger partial charge is 0.349 e. The number of nitrogens with one attached hydrogen (secondary N) is 1. The molecule has 0 unspecified atom stereocenters. The van der Waals surface area contributed by atoms with E-state index < -0.39 is 17.6 Å². The highest BCUT2D eigenvalue weighted by Crippen LogP contribution is 2.29. The molecule has 1 aromatic rings. The van der Waals surface area contributed by atoms with E-state index in [9.17, 15) is 18.0 Å². The summed E-state index contributed by atoms with van der Waals surface area (Å²) >= 11 is 0. The first kappa shape index (κ1) is 14.9. The molecule has 1 fully saturated rings. The highest BCUT2D eigenvalue weighted by Gasteiger charge is 2.31. The molecular weight excluding hydrogens is 267 g/mol. The van der Waals surface area contributed by atoms with Gasteiger partial charge in [-0.05, 0) is 31.0 Å². The number of halogens is 3. The van der Waals surface area contributed by atoms with Gasteiger partial charge in [0.1, 0.15) is 0 Å². The van der Waals surface area contributed by atoms with E-state index in [1.807, 2.05) is 0 Å². The molecule has 1 N–H and O–H groups in total. The Kier molecular flexibility index (Phi) is 4.68. The van der Waals surface area contributed by atoms with Crippen LogP contribution in [0.2, 0.25) is 0 Å². The van der Waals surface area contributed by atoms with E-state index in [1.165, 1.54) is 12.1 Å². The molecule has 0 heterocycles. The Hall–Kier alpha value is -1.52. The Morgan fingerprint density at radius 2 is 1.75 bits per heavy atom. The van der Waals surface area contributed by atoms with E-state index in [1.54, 1.807) is 0 Å². The van der Waals surface area contributed by atoms with Gasteiger partial charge in [-0.3, -0.25) is 4.79 Å². The number of amides is 1. The largest absolute Gasteiger partial charge is 0.416 e. The van der Waals surface area contributed by atoms with Gasteiger partial charge < -0.3 is 5.32 Å². The summed E-state index contributed by atoms with van der Waals surface area (Å²) in [7, 11) is 0. The molecule has 0 aliphatic heterocycles. The maximum atomic E-state index is 12.6. The average Bonchev–Trinajstić information content (AvgIpc) is 2.66. The molecule has 110 valence electrons. The van der Waals surface area contributed by atoms with Gasteiger partial charge in [0, 0.05) is 11.6 Å². The Bertz CT molecular complexity index is 462. The van der Waals surface area contributed by atoms with Crippen LogP contribution in [0, 0.1) is 0 Å². The number of rotatable bonds is 2. The van der Waals surface area contributed by atoms with Crippen molar-refractivity contribution in [2.24, 2.45) is 0 Å². The third kappa shape index (κ3) is 3.99. The molecule has 1 amide bonds. The molecule has 0 radical (unpaired) electrons. The van der Waals surface area contributed by atoms with Crippen molar-refractivity contribution in [3.63, 3.8) is 0 Å². The molecule has 2 rings (SSSR count). The lowest BCUT2D eigenvalue weighted by atomic mass is 10.1. The molecule has 5 heteroatoms. The molecule has 0 spiro atoms. The molecular formula is C15H18F3NO. The van der Waals surface area contributed by atoms with Gasteiger partial charge in [-0.25, -0.2) is 0 Å². The molecule has 20 heavy (non-hydrogen) atoms. The Balaban J connectivity index is 2.05. The average molecular weight is 285 g/mol. The van der Waals surface area contributed by atoms with Crippen molar-refractivity contribution in [1.29, 1.82) is 0 Å². The van der Waals surface area contributed by atoms with Crippen LogP contribution < -0.4 is 5.32 Å². The fourth-order valence-corrected chi connectivity index (χ4v) is 2.53. The molecule has 2 nitrogen and oxygen atoms in total. The van der Waals surface area contributed by atoms with Gasteiger partial charge in [0.05, 0.1) is 5.56 Å². The van der Waals surface area contributed by atoms with Crippen molar-refractivity contribution in [2.45, 2.75) is 50.7 Å². The Morgan fingerprint density at radius 1 is 1.10 bits per heavy atom. The first-order valence-corrected chi connectivity index (χ1v) is 6.95. The molecule has 0 bridgehead atoms. The second-order valence-electron chi connectivity index (χ2n) is 5.24. The number of hydrogen-bond acceptors (Lipinski definition) is 1. The van der Waals surface area contributed by atoms with Gasteiger partial charge in [0.15, 0.2) is 0 Å². The van der Waals surface area contributed by atoms with Gasteiger partial charge in [0.2, 0.25) is 0 Å². The minimum Gasteiger partial charge on any atom is -0.349 e. The van der Waals surface area contributed by atoms with E-state index in [2.05, 4.69) is 5.32 Å². The van der Waals surface area contributed by atoms with E-state index in [4.69, 9.17) is 0 Å². The van der Waals surface area contributed by atoms with E-state index in [0.717, 1.165) is 50.7 Å². The normalized spacial score (nSPS) is 17.6. The highest BCUT2D eigenvalue weighted by molar-refractivity contribution is 5.94. The predicted molar refractivity (Wildman–Crippen MR) is 70.4 cm³/mol. The fourth-order valence-electron chi connectivity index (χ4n) is 2.53. The fraction of sp³-hybridized carbons (Fsp3) is 0.533. The summed E-state index contributed by atoms with van der Waals surface area (Å²) in [4.78, 5) is 12.0. The van der Waals surface area contributed by atoms with Crippen LogP contribution in [-0.4, -0.2) is 11.9 Å². The van der Waals surface area contributed by atoms with E-state index >= 15 is 0 Å². The van der Waals surface area contributed by atoms with Crippen LogP contribution in [0.5, 0.6) is 0 Å². The first-order valence-electron chi connectivity index (χ1n) is 6.95. The second-order valence-corrected chi connectivity index (χ2v) is 5.24. The monoisotopic (exact) mass is 285 g/mol. The molecule has 1 aliphatic rings. The summed E-state index contributed by atoms with van der Waals surface area (Å²) < 4.78 is 37.8. The van der Waals surface area contributed by atoms with Crippen molar-refractivity contribution in [2.75, 3.05) is 0 Å². The Labute approximate surface area is 116 Å². The number of alkyl halides is 3. The third-order valence-corrected chi connectivity index (χ3v) is 3.64. The van der Waals surface area contributed by atoms with Gasteiger partial charge >= 0.3 is 6.18 Å². The van der Waals surface area contributed by atoms with Crippen molar-refractivity contribution in [3.8, 4) is 0 Å². The summed E-state index contributed by atoms with van der Waals surface area (Å²) in [5.74, 6) is -0.414. The summed E-state index contributed by atoms with van der Waals surface area (Å²) in [6.45, 7) is 0. The van der Waals surface area contributed by atoms with Crippen LogP contribution in [0.1, 0.15) is 54.4 Å². The topological polar surface area (TPSA) is 29.1 Å². The van der Waals surface area contributed by atoms with Crippen molar-refractivity contribution in [1.82, 2.24) is 5.32 Å². The summed E-state index contributed by atoms with van der Waals surface area (Å²) in [5, 5.41) is 2.85. The van der Waals surface area contributed by atoms with Crippen LogP contribution in [-0.2, 0) is 6.18 Å². The standard InChI is InChI=1S/C15H18F3NO/c16-15(17,18)12-7-5-6-11(10-12)14(20)19-13-8-3-1-2-4-9-13/h5-7,10,13H,1-4,8-9H2,(H,19,20). The predicted octanol–water partition coefficient (Wildman–Crippen LogP) is 4.16. The lowest BCUT2D eigenvalue weighted by Crippen LogP contribution is -2.34.